The first-order valence-electron chi connectivity index (χ1n) is 6.40. The molecule has 0 saturated heterocycles. The fraction of sp³-hybridized carbons (Fsp3) is 0.0714. The molecule has 0 atom stereocenters. The van der Waals surface area contributed by atoms with E-state index in [0.29, 0.717) is 21.2 Å². The summed E-state index contributed by atoms with van der Waals surface area (Å²) in [5, 5.41) is 2.51. The van der Waals surface area contributed by atoms with E-state index in [4.69, 9.17) is 5.73 Å². The number of thioether (sulfide) groups is 1. The number of aromatic nitrogens is 1. The number of halogens is 3. The smallest absolute Gasteiger partial charge is 0.406 e. The fourth-order valence-electron chi connectivity index (χ4n) is 1.84. The van der Waals surface area contributed by atoms with Crippen molar-refractivity contribution in [2.75, 3.05) is 0 Å². The molecular weight excluding hydrogens is 363 g/mol. The van der Waals surface area contributed by atoms with Gasteiger partial charge in [0.2, 0.25) is 0 Å². The highest BCUT2D eigenvalue weighted by molar-refractivity contribution is 8.18. The molecule has 0 bridgehead atoms. The van der Waals surface area contributed by atoms with Gasteiger partial charge in [0.05, 0.1) is 10.6 Å². The maximum absolute atomic E-state index is 12.1. The molecule has 0 unspecified atom stereocenters. The molecule has 10 heteroatoms. The number of carbonyl (C=O) groups is 1. The highest BCUT2D eigenvalue weighted by atomic mass is 32.2. The predicted octanol–water partition coefficient (Wildman–Crippen LogP) is 3.64. The number of rotatable bonds is 3. The Kier molecular flexibility index (Phi) is 4.33. The summed E-state index contributed by atoms with van der Waals surface area (Å²) < 4.78 is 40.2. The molecule has 2 N–H and O–H groups in total. The molecule has 0 aliphatic carbocycles. The maximum atomic E-state index is 12.1. The Balaban J connectivity index is 1.76. The lowest BCUT2D eigenvalue weighted by atomic mass is 10.2. The number of amidine groups is 1. The number of thiazole rings is 1. The van der Waals surface area contributed by atoms with Crippen molar-refractivity contribution >= 4 is 40.2 Å². The third-order valence-corrected chi connectivity index (χ3v) is 4.50. The molecule has 0 saturated carbocycles. The molecule has 124 valence electrons. The molecule has 1 aromatic carbocycles. The van der Waals surface area contributed by atoms with Gasteiger partial charge in [0.1, 0.15) is 10.8 Å². The largest absolute Gasteiger partial charge is 0.573 e. The first-order valence-corrected chi connectivity index (χ1v) is 8.09. The van der Waals surface area contributed by atoms with Gasteiger partial charge in [-0.1, -0.05) is 0 Å². The maximum Gasteiger partial charge on any atom is 0.573 e. The number of nitrogens with zero attached hydrogens (tertiary/aromatic N) is 2. The van der Waals surface area contributed by atoms with Crippen LogP contribution in [0.5, 0.6) is 5.75 Å². The van der Waals surface area contributed by atoms with Crippen LogP contribution >= 0.6 is 23.1 Å². The van der Waals surface area contributed by atoms with Gasteiger partial charge in [0.25, 0.3) is 5.91 Å². The van der Waals surface area contributed by atoms with Crippen LogP contribution in [-0.4, -0.2) is 22.4 Å². The Labute approximate surface area is 142 Å². The summed E-state index contributed by atoms with van der Waals surface area (Å²) in [6.45, 7) is 0. The van der Waals surface area contributed by atoms with E-state index in [1.165, 1.54) is 35.6 Å². The number of hydrogen-bond donors (Lipinski definition) is 1. The zero-order chi connectivity index (χ0) is 17.3. The van der Waals surface area contributed by atoms with Crippen molar-refractivity contribution in [1.29, 1.82) is 0 Å². The van der Waals surface area contributed by atoms with Crippen LogP contribution in [-0.2, 0) is 4.79 Å². The van der Waals surface area contributed by atoms with Crippen molar-refractivity contribution in [3.8, 4) is 16.3 Å². The SMILES string of the molecule is NC1=NC(=O)/C(=C\c2csc(-c3ccc(OC(F)(F)F)cc3)n2)S1. The molecule has 1 aromatic heterocycles. The molecular formula is C14H8F3N3O2S2. The van der Waals surface area contributed by atoms with Crippen LogP contribution < -0.4 is 10.5 Å². The van der Waals surface area contributed by atoms with E-state index >= 15 is 0 Å². The van der Waals surface area contributed by atoms with Gasteiger partial charge in [-0.25, -0.2) is 4.98 Å². The van der Waals surface area contributed by atoms with Crippen LogP contribution in [0.25, 0.3) is 16.6 Å². The Bertz CT molecular complexity index is 842. The minimum Gasteiger partial charge on any atom is -0.406 e. The summed E-state index contributed by atoms with van der Waals surface area (Å²) in [5.41, 5.74) is 6.65. The van der Waals surface area contributed by atoms with Crippen LogP contribution in [0.4, 0.5) is 13.2 Å². The van der Waals surface area contributed by atoms with E-state index in [2.05, 4.69) is 14.7 Å². The number of ether oxygens (including phenoxy) is 1. The minimum atomic E-state index is -4.72. The van der Waals surface area contributed by atoms with Gasteiger partial charge in [-0.2, -0.15) is 4.99 Å². The molecule has 3 rings (SSSR count). The Morgan fingerprint density at radius 1 is 1.21 bits per heavy atom. The van der Waals surface area contributed by atoms with Crippen LogP contribution in [0.2, 0.25) is 0 Å². The monoisotopic (exact) mass is 371 g/mol. The number of nitrogens with two attached hydrogens (primary N) is 1. The summed E-state index contributed by atoms with van der Waals surface area (Å²) >= 11 is 2.36. The van der Waals surface area contributed by atoms with E-state index < -0.39 is 12.3 Å². The standard InChI is InChI=1S/C14H8F3N3O2S2/c15-14(16,17)22-9-3-1-7(2-4-9)12-19-8(6-23-12)5-10-11(21)20-13(18)24-10/h1-6H,(H2,18,20,21)/b10-5+. The molecule has 1 aliphatic rings. The average Bonchev–Trinajstić information content (AvgIpc) is 3.06. The molecule has 0 spiro atoms. The average molecular weight is 371 g/mol. The number of aliphatic imine (C=N–C) groups is 1. The molecule has 5 nitrogen and oxygen atoms in total. The number of hydrogen-bond acceptors (Lipinski definition) is 6. The third kappa shape index (κ3) is 3.95. The van der Waals surface area contributed by atoms with Gasteiger partial charge in [0, 0.05) is 10.9 Å². The number of carbonyl (C=O) groups excluding carboxylic acids is 1. The van der Waals surface area contributed by atoms with E-state index in [0.717, 1.165) is 11.8 Å². The quantitative estimate of drug-likeness (QED) is 0.834. The molecule has 2 aromatic rings. The van der Waals surface area contributed by atoms with E-state index in [9.17, 15) is 18.0 Å². The number of alkyl halides is 3. The van der Waals surface area contributed by atoms with Crippen molar-refractivity contribution < 1.29 is 22.7 Å². The van der Waals surface area contributed by atoms with Gasteiger partial charge in [-0.05, 0) is 42.1 Å². The molecule has 0 radical (unpaired) electrons. The Morgan fingerprint density at radius 3 is 2.50 bits per heavy atom. The van der Waals surface area contributed by atoms with Crippen molar-refractivity contribution in [1.82, 2.24) is 4.98 Å². The predicted molar refractivity (Wildman–Crippen MR) is 86.4 cm³/mol. The zero-order valence-corrected chi connectivity index (χ0v) is 13.3. The number of amides is 1. The van der Waals surface area contributed by atoms with Gasteiger partial charge >= 0.3 is 6.36 Å². The molecule has 24 heavy (non-hydrogen) atoms. The summed E-state index contributed by atoms with van der Waals surface area (Å²) in [6, 6.07) is 5.39. The minimum absolute atomic E-state index is 0.182. The van der Waals surface area contributed by atoms with Gasteiger partial charge in [-0.15, -0.1) is 24.5 Å². The van der Waals surface area contributed by atoms with Crippen molar-refractivity contribution in [2.45, 2.75) is 6.36 Å². The topological polar surface area (TPSA) is 77.6 Å². The van der Waals surface area contributed by atoms with E-state index in [-0.39, 0.29) is 10.9 Å². The Hall–Kier alpha value is -2.33. The Morgan fingerprint density at radius 2 is 1.92 bits per heavy atom. The summed E-state index contributed by atoms with van der Waals surface area (Å²) in [4.78, 5) is 19.8. The van der Waals surface area contributed by atoms with Gasteiger partial charge in [0.15, 0.2) is 5.17 Å². The molecule has 1 amide bonds. The van der Waals surface area contributed by atoms with Gasteiger partial charge < -0.3 is 10.5 Å². The van der Waals surface area contributed by atoms with E-state index in [1.54, 1.807) is 11.5 Å². The van der Waals surface area contributed by atoms with Crippen LogP contribution in [0.1, 0.15) is 5.69 Å². The van der Waals surface area contributed by atoms with Crippen molar-refractivity contribution in [3.05, 3.63) is 40.2 Å². The van der Waals surface area contributed by atoms with Crippen LogP contribution in [0, 0.1) is 0 Å². The summed E-state index contributed by atoms with van der Waals surface area (Å²) in [7, 11) is 0. The zero-order valence-electron chi connectivity index (χ0n) is 11.7. The van der Waals surface area contributed by atoms with E-state index in [1.807, 2.05) is 0 Å². The normalized spacial score (nSPS) is 16.5. The number of benzene rings is 1. The lowest BCUT2D eigenvalue weighted by Crippen LogP contribution is -2.16. The molecule has 0 fully saturated rings. The third-order valence-electron chi connectivity index (χ3n) is 2.77. The fourth-order valence-corrected chi connectivity index (χ4v) is 3.29. The first-order chi connectivity index (χ1) is 11.3. The second kappa shape index (κ2) is 6.29. The second-order valence-corrected chi connectivity index (χ2v) is 6.44. The highest BCUT2D eigenvalue weighted by Gasteiger charge is 2.31. The molecule has 1 aliphatic heterocycles. The van der Waals surface area contributed by atoms with Crippen LogP contribution in [0.3, 0.4) is 0 Å². The first kappa shape index (κ1) is 16.5. The lowest BCUT2D eigenvalue weighted by molar-refractivity contribution is -0.274. The highest BCUT2D eigenvalue weighted by Crippen LogP contribution is 2.30. The van der Waals surface area contributed by atoms with Crippen molar-refractivity contribution in [3.63, 3.8) is 0 Å². The summed E-state index contributed by atoms with van der Waals surface area (Å²) in [5.74, 6) is -0.716. The van der Waals surface area contributed by atoms with Crippen molar-refractivity contribution in [2.24, 2.45) is 10.7 Å². The lowest BCUT2D eigenvalue weighted by Gasteiger charge is -2.08. The molecule has 2 heterocycles. The second-order valence-electron chi connectivity index (χ2n) is 4.52. The van der Waals surface area contributed by atoms with Gasteiger partial charge in [-0.3, -0.25) is 4.79 Å². The van der Waals surface area contributed by atoms with Crippen LogP contribution in [0.15, 0.2) is 39.5 Å². The summed E-state index contributed by atoms with van der Waals surface area (Å²) in [6.07, 6.45) is -3.16.